The van der Waals surface area contributed by atoms with Gasteiger partial charge in [-0.15, -0.1) is 11.8 Å². The highest BCUT2D eigenvalue weighted by Crippen LogP contribution is 2.34. The molecule has 0 spiro atoms. The Morgan fingerprint density at radius 2 is 1.88 bits per heavy atom. The minimum Gasteiger partial charge on any atom is -0.305 e. The summed E-state index contributed by atoms with van der Waals surface area (Å²) in [5, 5.41) is 19.8. The summed E-state index contributed by atoms with van der Waals surface area (Å²) in [4.78, 5) is 13.0. The Morgan fingerprint density at radius 3 is 2.50 bits per heavy atom. The van der Waals surface area contributed by atoms with Crippen molar-refractivity contribution in [2.24, 2.45) is 0 Å². The Hall–Kier alpha value is -2.73. The molecule has 1 aromatic carbocycles. The minimum atomic E-state index is -0.0809. The van der Waals surface area contributed by atoms with Crippen LogP contribution in [0.3, 0.4) is 0 Å². The molecule has 3 rings (SSSR count). The molecule has 0 bridgehead atoms. The van der Waals surface area contributed by atoms with E-state index in [0.29, 0.717) is 26.7 Å². The zero-order valence-electron chi connectivity index (χ0n) is 14.2. The minimum absolute atomic E-state index is 0.0809. The largest absolute Gasteiger partial charge is 0.305 e. The first-order chi connectivity index (χ1) is 12.5. The predicted molar refractivity (Wildman–Crippen MR) is 103 cm³/mol. The molecule has 4 nitrogen and oxygen atoms in total. The van der Waals surface area contributed by atoms with Crippen LogP contribution in [0, 0.1) is 36.5 Å². The van der Waals surface area contributed by atoms with Gasteiger partial charge in [-0.1, -0.05) is 17.7 Å². The number of aryl methyl sites for hydroxylation is 2. The van der Waals surface area contributed by atoms with Crippen LogP contribution >= 0.6 is 23.4 Å². The number of aromatic nitrogens is 1. The lowest BCUT2D eigenvalue weighted by atomic mass is 10.1. The quantitative estimate of drug-likeness (QED) is 0.476. The number of fused-ring (bicyclic) bond motifs is 1. The molecule has 0 amide bonds. The molecular weight excluding hydrogens is 366 g/mol. The molecule has 0 saturated carbocycles. The third kappa shape index (κ3) is 3.20. The highest BCUT2D eigenvalue weighted by atomic mass is 35.5. The van der Waals surface area contributed by atoms with Gasteiger partial charge in [0.1, 0.15) is 17.8 Å². The number of nitriles is 2. The number of rotatable bonds is 4. The SMILES string of the molecule is Cc1cc(C)c2c(C#N)c(SCC(=O)c3ccc(Cl)cc3)c(C#N)n2c1. The average molecular weight is 380 g/mol. The number of carbonyl (C=O) groups is 1. The van der Waals surface area contributed by atoms with E-state index in [0.717, 1.165) is 16.6 Å². The number of benzene rings is 1. The van der Waals surface area contributed by atoms with Gasteiger partial charge in [0.15, 0.2) is 5.78 Å². The topological polar surface area (TPSA) is 69.1 Å². The van der Waals surface area contributed by atoms with Gasteiger partial charge < -0.3 is 4.40 Å². The lowest BCUT2D eigenvalue weighted by Gasteiger charge is -2.02. The average Bonchev–Trinajstić information content (AvgIpc) is 2.92. The van der Waals surface area contributed by atoms with E-state index in [1.54, 1.807) is 28.7 Å². The van der Waals surface area contributed by atoms with Crippen molar-refractivity contribution in [2.45, 2.75) is 18.7 Å². The van der Waals surface area contributed by atoms with Crippen molar-refractivity contribution in [3.8, 4) is 12.1 Å². The van der Waals surface area contributed by atoms with Crippen molar-refractivity contribution < 1.29 is 4.79 Å². The van der Waals surface area contributed by atoms with Gasteiger partial charge in [0.25, 0.3) is 0 Å². The first kappa shape index (κ1) is 18.1. The van der Waals surface area contributed by atoms with E-state index < -0.39 is 0 Å². The van der Waals surface area contributed by atoms with Crippen molar-refractivity contribution in [3.05, 3.63) is 69.5 Å². The van der Waals surface area contributed by atoms with E-state index >= 15 is 0 Å². The zero-order valence-corrected chi connectivity index (χ0v) is 15.8. The Labute approximate surface area is 160 Å². The van der Waals surface area contributed by atoms with E-state index in [9.17, 15) is 15.3 Å². The molecule has 128 valence electrons. The molecule has 0 aliphatic carbocycles. The number of ketones is 1. The Bertz CT molecular complexity index is 1100. The molecule has 0 N–H and O–H groups in total. The summed E-state index contributed by atoms with van der Waals surface area (Å²) in [5.74, 6) is 0.0579. The van der Waals surface area contributed by atoms with E-state index in [-0.39, 0.29) is 11.5 Å². The molecule has 0 atom stereocenters. The highest BCUT2D eigenvalue weighted by molar-refractivity contribution is 8.00. The molecule has 0 unspecified atom stereocenters. The second-order valence-corrected chi connectivity index (χ2v) is 7.34. The molecule has 0 aliphatic rings. The standard InChI is InChI=1S/C20H14ClN3OS/c1-12-7-13(2)19-16(8-22)20(17(9-23)24(19)10-12)26-11-18(25)14-3-5-15(21)6-4-14/h3-7,10H,11H2,1-2H3. The van der Waals surface area contributed by atoms with Gasteiger partial charge in [0.05, 0.1) is 21.7 Å². The molecule has 3 aromatic rings. The molecule has 26 heavy (non-hydrogen) atoms. The van der Waals surface area contributed by atoms with Gasteiger partial charge in [-0.25, -0.2) is 0 Å². The molecular formula is C20H14ClN3OS. The van der Waals surface area contributed by atoms with E-state index in [1.807, 2.05) is 26.1 Å². The van der Waals surface area contributed by atoms with E-state index in [2.05, 4.69) is 12.1 Å². The second kappa shape index (κ2) is 7.25. The molecule has 0 aliphatic heterocycles. The Morgan fingerprint density at radius 1 is 1.19 bits per heavy atom. The lowest BCUT2D eigenvalue weighted by Crippen LogP contribution is -2.02. The van der Waals surface area contributed by atoms with Gasteiger partial charge in [0.2, 0.25) is 0 Å². The van der Waals surface area contributed by atoms with Crippen LogP contribution in [0.25, 0.3) is 5.52 Å². The lowest BCUT2D eigenvalue weighted by molar-refractivity contribution is 0.102. The van der Waals surface area contributed by atoms with Crippen LogP contribution in [-0.2, 0) is 0 Å². The second-order valence-electron chi connectivity index (χ2n) is 5.91. The fraction of sp³-hybridized carbons (Fsp3) is 0.150. The zero-order chi connectivity index (χ0) is 18.8. The highest BCUT2D eigenvalue weighted by Gasteiger charge is 2.21. The number of hydrogen-bond donors (Lipinski definition) is 0. The summed E-state index contributed by atoms with van der Waals surface area (Å²) >= 11 is 7.07. The number of nitrogens with zero attached hydrogens (tertiary/aromatic N) is 3. The maximum atomic E-state index is 12.4. The molecule has 2 aromatic heterocycles. The first-order valence-electron chi connectivity index (χ1n) is 7.83. The van der Waals surface area contributed by atoms with Crippen LogP contribution in [0.4, 0.5) is 0 Å². The fourth-order valence-corrected chi connectivity index (χ4v) is 4.08. The van der Waals surface area contributed by atoms with Crippen molar-refractivity contribution >= 4 is 34.7 Å². The maximum absolute atomic E-state index is 12.4. The summed E-state index contributed by atoms with van der Waals surface area (Å²) in [6.07, 6.45) is 1.84. The summed E-state index contributed by atoms with van der Waals surface area (Å²) < 4.78 is 1.75. The molecule has 2 heterocycles. The first-order valence-corrected chi connectivity index (χ1v) is 9.19. The number of hydrogen-bond acceptors (Lipinski definition) is 4. The monoisotopic (exact) mass is 379 g/mol. The summed E-state index contributed by atoms with van der Waals surface area (Å²) in [5.41, 5.74) is 4.02. The molecule has 0 fully saturated rings. The van der Waals surface area contributed by atoms with Gasteiger partial charge in [-0.2, -0.15) is 10.5 Å². The van der Waals surface area contributed by atoms with Gasteiger partial charge in [-0.3, -0.25) is 4.79 Å². The molecule has 6 heteroatoms. The molecule has 0 radical (unpaired) electrons. The van der Waals surface area contributed by atoms with Gasteiger partial charge in [-0.05, 0) is 49.2 Å². The third-order valence-corrected chi connectivity index (χ3v) is 5.39. The summed E-state index contributed by atoms with van der Waals surface area (Å²) in [6, 6.07) is 13.0. The predicted octanol–water partition coefficient (Wildman–Crippen LogP) is 4.93. The van der Waals surface area contributed by atoms with Crippen molar-refractivity contribution in [2.75, 3.05) is 5.75 Å². The third-order valence-electron chi connectivity index (χ3n) is 4.04. The van der Waals surface area contributed by atoms with Crippen molar-refractivity contribution in [1.82, 2.24) is 4.40 Å². The maximum Gasteiger partial charge on any atom is 0.173 e. The number of halogens is 1. The smallest absolute Gasteiger partial charge is 0.173 e. The number of thioether (sulfide) groups is 1. The number of Topliss-reactive ketones (excluding diaryl/α,β-unsaturated/α-hetero) is 1. The van der Waals surface area contributed by atoms with Crippen molar-refractivity contribution in [1.29, 1.82) is 10.5 Å². The number of pyridine rings is 1. The van der Waals surface area contributed by atoms with Crippen LogP contribution in [0.2, 0.25) is 5.02 Å². The van der Waals surface area contributed by atoms with Crippen LogP contribution in [0.5, 0.6) is 0 Å². The van der Waals surface area contributed by atoms with Gasteiger partial charge in [0, 0.05) is 16.8 Å². The summed E-state index contributed by atoms with van der Waals surface area (Å²) in [7, 11) is 0. The summed E-state index contributed by atoms with van der Waals surface area (Å²) in [6.45, 7) is 3.86. The van der Waals surface area contributed by atoms with Gasteiger partial charge >= 0.3 is 0 Å². The molecule has 0 saturated heterocycles. The van der Waals surface area contributed by atoms with Crippen LogP contribution in [0.15, 0.2) is 41.4 Å². The van der Waals surface area contributed by atoms with Crippen LogP contribution < -0.4 is 0 Å². The normalized spacial score (nSPS) is 10.5. The Balaban J connectivity index is 2.01. The van der Waals surface area contributed by atoms with E-state index in [1.165, 1.54) is 11.8 Å². The fourth-order valence-electron chi connectivity index (χ4n) is 2.94. The number of carbonyl (C=O) groups excluding carboxylic acids is 1. The van der Waals surface area contributed by atoms with Crippen LogP contribution in [0.1, 0.15) is 32.7 Å². The van der Waals surface area contributed by atoms with Crippen molar-refractivity contribution in [3.63, 3.8) is 0 Å². The van der Waals surface area contributed by atoms with Crippen LogP contribution in [-0.4, -0.2) is 15.9 Å². The Kier molecular flexibility index (Phi) is 5.04. The van der Waals surface area contributed by atoms with E-state index in [4.69, 9.17) is 11.6 Å².